The molecule has 0 amide bonds. The predicted molar refractivity (Wildman–Crippen MR) is 59.8 cm³/mol. The van der Waals surface area contributed by atoms with Gasteiger partial charge < -0.3 is 15.2 Å². The molecule has 80 valence electrons. The number of nitrogens with two attached hydrogens (primary N) is 1. The first-order valence-corrected chi connectivity index (χ1v) is 6.09. The SMILES string of the molecule is Nc1ccc2c(c1)C1(CCS2)OCCO1. The van der Waals surface area contributed by atoms with E-state index in [0.29, 0.717) is 13.2 Å². The van der Waals surface area contributed by atoms with E-state index in [4.69, 9.17) is 15.2 Å². The summed E-state index contributed by atoms with van der Waals surface area (Å²) in [5.74, 6) is 0.535. The van der Waals surface area contributed by atoms with Crippen molar-refractivity contribution in [3.05, 3.63) is 23.8 Å². The van der Waals surface area contributed by atoms with E-state index in [1.807, 2.05) is 23.9 Å². The van der Waals surface area contributed by atoms with Gasteiger partial charge in [0.05, 0.1) is 13.2 Å². The quantitative estimate of drug-likeness (QED) is 0.683. The summed E-state index contributed by atoms with van der Waals surface area (Å²) < 4.78 is 11.5. The normalized spacial score (nSPS) is 22.9. The first-order chi connectivity index (χ1) is 7.30. The molecule has 0 saturated carbocycles. The summed E-state index contributed by atoms with van der Waals surface area (Å²) in [4.78, 5) is 1.23. The molecule has 15 heavy (non-hydrogen) atoms. The zero-order valence-electron chi connectivity index (χ0n) is 8.36. The monoisotopic (exact) mass is 223 g/mol. The molecule has 3 rings (SSSR count). The van der Waals surface area contributed by atoms with Crippen LogP contribution in [0.5, 0.6) is 0 Å². The maximum atomic E-state index is 5.81. The third kappa shape index (κ3) is 1.44. The molecule has 0 unspecified atom stereocenters. The van der Waals surface area contributed by atoms with E-state index >= 15 is 0 Å². The van der Waals surface area contributed by atoms with Gasteiger partial charge >= 0.3 is 0 Å². The van der Waals surface area contributed by atoms with E-state index in [2.05, 4.69) is 6.07 Å². The van der Waals surface area contributed by atoms with Gasteiger partial charge in [0.25, 0.3) is 0 Å². The lowest BCUT2D eigenvalue weighted by molar-refractivity contribution is -0.169. The van der Waals surface area contributed by atoms with E-state index in [0.717, 1.165) is 23.4 Å². The Morgan fingerprint density at radius 3 is 2.87 bits per heavy atom. The molecule has 2 N–H and O–H groups in total. The molecule has 2 aliphatic rings. The van der Waals surface area contributed by atoms with Crippen molar-refractivity contribution in [2.24, 2.45) is 0 Å². The van der Waals surface area contributed by atoms with Crippen LogP contribution in [0.4, 0.5) is 5.69 Å². The largest absolute Gasteiger partial charge is 0.399 e. The van der Waals surface area contributed by atoms with Crippen LogP contribution in [0.3, 0.4) is 0 Å². The summed E-state index contributed by atoms with van der Waals surface area (Å²) in [5.41, 5.74) is 7.69. The molecule has 1 aromatic rings. The van der Waals surface area contributed by atoms with Gasteiger partial charge in [-0.3, -0.25) is 0 Å². The van der Waals surface area contributed by atoms with Gasteiger partial charge in [-0.2, -0.15) is 0 Å². The smallest absolute Gasteiger partial charge is 0.196 e. The Bertz CT molecular complexity index is 388. The van der Waals surface area contributed by atoms with E-state index < -0.39 is 5.79 Å². The Kier molecular flexibility index (Phi) is 2.16. The third-order valence-electron chi connectivity index (χ3n) is 2.86. The van der Waals surface area contributed by atoms with Gasteiger partial charge in [-0.1, -0.05) is 0 Å². The van der Waals surface area contributed by atoms with Crippen molar-refractivity contribution < 1.29 is 9.47 Å². The number of benzene rings is 1. The molecule has 0 radical (unpaired) electrons. The first kappa shape index (κ1) is 9.51. The van der Waals surface area contributed by atoms with Crippen molar-refractivity contribution in [1.29, 1.82) is 0 Å². The molecule has 4 heteroatoms. The number of hydrogen-bond acceptors (Lipinski definition) is 4. The Hall–Kier alpha value is -0.710. The average Bonchev–Trinajstić information content (AvgIpc) is 2.69. The van der Waals surface area contributed by atoms with Crippen LogP contribution in [0.15, 0.2) is 23.1 Å². The summed E-state index contributed by atoms with van der Waals surface area (Å²) in [6.07, 6.45) is 0.911. The molecule has 2 aliphatic heterocycles. The number of anilines is 1. The van der Waals surface area contributed by atoms with Gasteiger partial charge in [-0.25, -0.2) is 0 Å². The van der Waals surface area contributed by atoms with Crippen LogP contribution in [-0.2, 0) is 15.3 Å². The van der Waals surface area contributed by atoms with E-state index in [1.165, 1.54) is 4.90 Å². The van der Waals surface area contributed by atoms with Gasteiger partial charge in [-0.15, -0.1) is 11.8 Å². The van der Waals surface area contributed by atoms with Gasteiger partial charge in [0.15, 0.2) is 5.79 Å². The molecular formula is C11H13NO2S. The van der Waals surface area contributed by atoms with Gasteiger partial charge in [-0.05, 0) is 18.2 Å². The third-order valence-corrected chi connectivity index (χ3v) is 3.93. The molecule has 0 atom stereocenters. The van der Waals surface area contributed by atoms with Crippen molar-refractivity contribution >= 4 is 17.4 Å². The minimum atomic E-state index is -0.504. The van der Waals surface area contributed by atoms with Gasteiger partial charge in [0, 0.05) is 28.3 Å². The molecule has 1 aromatic carbocycles. The summed E-state index contributed by atoms with van der Waals surface area (Å²) >= 11 is 1.84. The highest BCUT2D eigenvalue weighted by atomic mass is 32.2. The number of hydrogen-bond donors (Lipinski definition) is 1. The molecule has 0 aliphatic carbocycles. The van der Waals surface area contributed by atoms with E-state index in [9.17, 15) is 0 Å². The lowest BCUT2D eigenvalue weighted by Crippen LogP contribution is -2.31. The second kappa shape index (κ2) is 3.40. The van der Waals surface area contributed by atoms with E-state index in [1.54, 1.807) is 0 Å². The summed E-state index contributed by atoms with van der Waals surface area (Å²) in [6.45, 7) is 1.36. The second-order valence-corrected chi connectivity index (χ2v) is 4.94. The molecule has 3 nitrogen and oxygen atoms in total. The fraction of sp³-hybridized carbons (Fsp3) is 0.455. The Morgan fingerprint density at radius 2 is 2.07 bits per heavy atom. The minimum absolute atomic E-state index is 0.504. The van der Waals surface area contributed by atoms with Gasteiger partial charge in [0.1, 0.15) is 0 Å². The summed E-state index contributed by atoms with van der Waals surface area (Å²) in [6, 6.07) is 5.97. The topological polar surface area (TPSA) is 44.5 Å². The molecule has 0 bridgehead atoms. The molecule has 2 heterocycles. The standard InChI is InChI=1S/C11H13NO2S/c12-8-1-2-10-9(7-8)11(3-6-15-10)13-4-5-14-11/h1-2,7H,3-6,12H2. The molecule has 0 aromatic heterocycles. The molecule has 1 saturated heterocycles. The molecule has 1 spiro atoms. The number of ether oxygens (including phenoxy) is 2. The van der Waals surface area contributed by atoms with Crippen LogP contribution in [0, 0.1) is 0 Å². The van der Waals surface area contributed by atoms with Crippen LogP contribution < -0.4 is 5.73 Å². The second-order valence-electron chi connectivity index (χ2n) is 3.80. The van der Waals surface area contributed by atoms with Crippen LogP contribution >= 0.6 is 11.8 Å². The van der Waals surface area contributed by atoms with Gasteiger partial charge in [0.2, 0.25) is 0 Å². The predicted octanol–water partition coefficient (Wildman–Crippen LogP) is 1.96. The highest BCUT2D eigenvalue weighted by Crippen LogP contribution is 2.45. The zero-order chi connectivity index (χ0) is 10.3. The molecular weight excluding hydrogens is 210 g/mol. The summed E-state index contributed by atoms with van der Waals surface area (Å²) in [5, 5.41) is 0. The number of nitrogen functional groups attached to an aromatic ring is 1. The number of fused-ring (bicyclic) bond motifs is 2. The Balaban J connectivity index is 2.12. The van der Waals surface area contributed by atoms with Crippen LogP contribution in [0.2, 0.25) is 0 Å². The number of rotatable bonds is 0. The van der Waals surface area contributed by atoms with Crippen molar-refractivity contribution in [1.82, 2.24) is 0 Å². The van der Waals surface area contributed by atoms with Crippen molar-refractivity contribution in [2.75, 3.05) is 24.7 Å². The van der Waals surface area contributed by atoms with Crippen molar-refractivity contribution in [2.45, 2.75) is 17.1 Å². The summed E-state index contributed by atoms with van der Waals surface area (Å²) in [7, 11) is 0. The van der Waals surface area contributed by atoms with Crippen LogP contribution in [0.1, 0.15) is 12.0 Å². The van der Waals surface area contributed by atoms with Crippen molar-refractivity contribution in [3.63, 3.8) is 0 Å². The lowest BCUT2D eigenvalue weighted by atomic mass is 10.0. The first-order valence-electron chi connectivity index (χ1n) is 5.11. The van der Waals surface area contributed by atoms with Crippen molar-refractivity contribution in [3.8, 4) is 0 Å². The Labute approximate surface area is 92.9 Å². The Morgan fingerprint density at radius 1 is 1.27 bits per heavy atom. The van der Waals surface area contributed by atoms with E-state index in [-0.39, 0.29) is 0 Å². The number of thioether (sulfide) groups is 1. The van der Waals surface area contributed by atoms with Crippen LogP contribution in [-0.4, -0.2) is 19.0 Å². The zero-order valence-corrected chi connectivity index (χ0v) is 9.18. The maximum Gasteiger partial charge on any atom is 0.196 e. The fourth-order valence-corrected chi connectivity index (χ4v) is 3.28. The maximum absolute atomic E-state index is 5.81. The fourth-order valence-electron chi connectivity index (χ4n) is 2.16. The minimum Gasteiger partial charge on any atom is -0.399 e. The highest BCUT2D eigenvalue weighted by Gasteiger charge is 2.42. The highest BCUT2D eigenvalue weighted by molar-refractivity contribution is 7.99. The lowest BCUT2D eigenvalue weighted by Gasteiger charge is -2.33. The molecule has 1 fully saturated rings. The average molecular weight is 223 g/mol. The van der Waals surface area contributed by atoms with Crippen LogP contribution in [0.25, 0.3) is 0 Å².